The smallest absolute Gasteiger partial charge is 0.420 e. The predicted octanol–water partition coefficient (Wildman–Crippen LogP) is 3.96. The summed E-state index contributed by atoms with van der Waals surface area (Å²) in [6, 6.07) is 4.18. The summed E-state index contributed by atoms with van der Waals surface area (Å²) in [6.45, 7) is 0.876. The van der Waals surface area contributed by atoms with Gasteiger partial charge in [-0.2, -0.15) is 13.2 Å². The number of aromatic nitrogens is 2. The number of rotatable bonds is 4. The van der Waals surface area contributed by atoms with Gasteiger partial charge in [0.15, 0.2) is 11.3 Å². The SMILES string of the molecule is CSNC1CN(C(=O)c2nc3c(C(F)(F)F)cc(-c4ccco4)cn3c2Cl)C1. The quantitative estimate of drug-likeness (QED) is 0.635. The van der Waals surface area contributed by atoms with Crippen molar-refractivity contribution in [1.82, 2.24) is 19.0 Å². The van der Waals surface area contributed by atoms with E-state index in [0.29, 0.717) is 13.1 Å². The van der Waals surface area contributed by atoms with Crippen LogP contribution in [0.5, 0.6) is 0 Å². The van der Waals surface area contributed by atoms with Crippen molar-refractivity contribution in [2.75, 3.05) is 19.3 Å². The Bertz CT molecular complexity index is 1030. The van der Waals surface area contributed by atoms with Crippen molar-refractivity contribution in [2.24, 2.45) is 0 Å². The number of imidazole rings is 1. The third kappa shape index (κ3) is 3.25. The molecule has 148 valence electrons. The fourth-order valence-electron chi connectivity index (χ4n) is 3.07. The minimum Gasteiger partial charge on any atom is -0.464 e. The first-order chi connectivity index (χ1) is 13.3. The van der Waals surface area contributed by atoms with Crippen LogP contribution in [0, 0.1) is 0 Å². The van der Waals surface area contributed by atoms with Gasteiger partial charge >= 0.3 is 6.18 Å². The summed E-state index contributed by atoms with van der Waals surface area (Å²) in [4.78, 5) is 18.1. The lowest BCUT2D eigenvalue weighted by Gasteiger charge is -2.38. The van der Waals surface area contributed by atoms with E-state index in [2.05, 4.69) is 9.71 Å². The Morgan fingerprint density at radius 2 is 2.18 bits per heavy atom. The number of furan rings is 1. The Balaban J connectivity index is 1.78. The highest BCUT2D eigenvalue weighted by atomic mass is 35.5. The number of carbonyl (C=O) groups is 1. The molecule has 0 spiro atoms. The number of halogens is 4. The van der Waals surface area contributed by atoms with E-state index in [1.54, 1.807) is 6.07 Å². The molecule has 1 saturated heterocycles. The van der Waals surface area contributed by atoms with Gasteiger partial charge in [0.2, 0.25) is 0 Å². The summed E-state index contributed by atoms with van der Waals surface area (Å²) in [6.07, 6.45) is -0.0639. The number of carbonyl (C=O) groups excluding carboxylic acids is 1. The van der Waals surface area contributed by atoms with Gasteiger partial charge in [0.1, 0.15) is 10.9 Å². The maximum Gasteiger partial charge on any atom is 0.420 e. The minimum absolute atomic E-state index is 0.131. The third-order valence-corrected chi connectivity index (χ3v) is 5.36. The fourth-order valence-corrected chi connectivity index (χ4v) is 3.81. The van der Waals surface area contributed by atoms with Crippen molar-refractivity contribution >= 4 is 35.1 Å². The number of likely N-dealkylation sites (tertiary alicyclic amines) is 1. The third-order valence-electron chi connectivity index (χ3n) is 4.43. The van der Waals surface area contributed by atoms with Crippen molar-refractivity contribution in [3.8, 4) is 11.3 Å². The summed E-state index contributed by atoms with van der Waals surface area (Å²) in [5.74, 6) is -0.251. The molecule has 0 atom stereocenters. The number of hydrogen-bond acceptors (Lipinski definition) is 5. The first-order valence-electron chi connectivity index (χ1n) is 8.20. The Morgan fingerprint density at radius 3 is 2.79 bits per heavy atom. The number of fused-ring (bicyclic) bond motifs is 1. The largest absolute Gasteiger partial charge is 0.464 e. The summed E-state index contributed by atoms with van der Waals surface area (Å²) in [7, 11) is 0. The lowest BCUT2D eigenvalue weighted by molar-refractivity contribution is -0.136. The molecule has 1 amide bonds. The first kappa shape index (κ1) is 19.2. The number of nitrogens with one attached hydrogen (secondary N) is 1. The van der Waals surface area contributed by atoms with Crippen molar-refractivity contribution in [2.45, 2.75) is 12.2 Å². The lowest BCUT2D eigenvalue weighted by Crippen LogP contribution is -2.58. The molecular formula is C17H14ClF3N4O2S. The molecule has 1 aliphatic rings. The second-order valence-electron chi connectivity index (χ2n) is 6.29. The summed E-state index contributed by atoms with van der Waals surface area (Å²) in [5, 5.41) is -0.166. The Morgan fingerprint density at radius 1 is 1.43 bits per heavy atom. The number of hydrogen-bond donors (Lipinski definition) is 1. The van der Waals surface area contributed by atoms with E-state index in [0.717, 1.165) is 10.5 Å². The molecule has 0 saturated carbocycles. The second kappa shape index (κ2) is 7.02. The zero-order valence-electron chi connectivity index (χ0n) is 14.5. The Hall–Kier alpha value is -2.17. The average molecular weight is 431 g/mol. The average Bonchev–Trinajstić information content (AvgIpc) is 3.24. The van der Waals surface area contributed by atoms with Gasteiger partial charge in [0, 0.05) is 24.8 Å². The van der Waals surface area contributed by atoms with Crippen molar-refractivity contribution in [3.63, 3.8) is 0 Å². The van der Waals surface area contributed by atoms with Gasteiger partial charge < -0.3 is 9.32 Å². The van der Waals surface area contributed by atoms with E-state index in [-0.39, 0.29) is 28.2 Å². The zero-order valence-corrected chi connectivity index (χ0v) is 16.0. The number of alkyl halides is 3. The number of nitrogens with zero attached hydrogens (tertiary/aromatic N) is 3. The molecule has 28 heavy (non-hydrogen) atoms. The molecule has 0 bridgehead atoms. The van der Waals surface area contributed by atoms with E-state index in [4.69, 9.17) is 16.0 Å². The predicted molar refractivity (Wildman–Crippen MR) is 99.2 cm³/mol. The fraction of sp³-hybridized carbons (Fsp3) is 0.294. The van der Waals surface area contributed by atoms with Gasteiger partial charge in [-0.05, 0) is 24.5 Å². The molecule has 6 nitrogen and oxygen atoms in total. The van der Waals surface area contributed by atoms with Gasteiger partial charge in [0.05, 0.1) is 17.9 Å². The molecule has 1 fully saturated rings. The van der Waals surface area contributed by atoms with Gasteiger partial charge in [-0.25, -0.2) is 4.98 Å². The van der Waals surface area contributed by atoms with Gasteiger partial charge in [-0.15, -0.1) is 0 Å². The van der Waals surface area contributed by atoms with Crippen LogP contribution < -0.4 is 4.72 Å². The summed E-state index contributed by atoms with van der Waals surface area (Å²) in [5.41, 5.74) is -1.44. The second-order valence-corrected chi connectivity index (χ2v) is 7.29. The summed E-state index contributed by atoms with van der Waals surface area (Å²) >= 11 is 7.70. The standard InChI is InChI=1S/C17H14ClF3N4O2S/c1-28-23-10-7-24(8-10)16(26)13-14(18)25-6-9(12-3-2-4-27-12)5-11(15(25)22-13)17(19,20)21/h2-6,10,23H,7-8H2,1H3. The lowest BCUT2D eigenvalue weighted by atomic mass is 10.1. The van der Waals surface area contributed by atoms with Crippen LogP contribution in [0.25, 0.3) is 17.0 Å². The molecule has 0 aromatic carbocycles. The van der Waals surface area contributed by atoms with Crippen LogP contribution in [0.3, 0.4) is 0 Å². The van der Waals surface area contributed by atoms with Crippen LogP contribution in [0.2, 0.25) is 5.15 Å². The van der Waals surface area contributed by atoms with Crippen LogP contribution in [-0.2, 0) is 6.18 Å². The van der Waals surface area contributed by atoms with Crippen LogP contribution in [0.15, 0.2) is 35.1 Å². The van der Waals surface area contributed by atoms with E-state index in [1.807, 2.05) is 6.26 Å². The van der Waals surface area contributed by atoms with Crippen LogP contribution in [0.1, 0.15) is 16.1 Å². The molecule has 0 unspecified atom stereocenters. The maximum absolute atomic E-state index is 13.6. The van der Waals surface area contributed by atoms with Crippen LogP contribution in [-0.4, -0.2) is 45.6 Å². The molecule has 11 heteroatoms. The molecule has 1 aliphatic heterocycles. The van der Waals surface area contributed by atoms with Gasteiger partial charge in [-0.3, -0.25) is 13.9 Å². The Labute approximate surface area is 166 Å². The van der Waals surface area contributed by atoms with Crippen molar-refractivity contribution in [3.05, 3.63) is 47.1 Å². The molecular weight excluding hydrogens is 417 g/mol. The van der Waals surface area contributed by atoms with Gasteiger partial charge in [0.25, 0.3) is 5.91 Å². The molecule has 3 aromatic rings. The minimum atomic E-state index is -4.68. The monoisotopic (exact) mass is 430 g/mol. The molecule has 0 radical (unpaired) electrons. The molecule has 3 aromatic heterocycles. The molecule has 1 N–H and O–H groups in total. The van der Waals surface area contributed by atoms with E-state index < -0.39 is 23.3 Å². The van der Waals surface area contributed by atoms with Crippen LogP contribution in [0.4, 0.5) is 13.2 Å². The van der Waals surface area contributed by atoms with E-state index >= 15 is 0 Å². The highest BCUT2D eigenvalue weighted by Crippen LogP contribution is 2.37. The normalized spacial score (nSPS) is 15.2. The number of amides is 1. The number of pyridine rings is 1. The Kier molecular flexibility index (Phi) is 4.80. The topological polar surface area (TPSA) is 62.8 Å². The van der Waals surface area contributed by atoms with Crippen LogP contribution >= 0.6 is 23.5 Å². The maximum atomic E-state index is 13.6. The molecule has 0 aliphatic carbocycles. The molecule has 4 heterocycles. The van der Waals surface area contributed by atoms with Crippen molar-refractivity contribution in [1.29, 1.82) is 0 Å². The zero-order chi connectivity index (χ0) is 20.1. The highest BCUT2D eigenvalue weighted by molar-refractivity contribution is 7.96. The molecule has 4 rings (SSSR count). The van der Waals surface area contributed by atoms with E-state index in [1.165, 1.54) is 35.4 Å². The first-order valence-corrected chi connectivity index (χ1v) is 9.80. The summed E-state index contributed by atoms with van der Waals surface area (Å²) < 4.78 is 50.3. The highest BCUT2D eigenvalue weighted by Gasteiger charge is 2.38. The van der Waals surface area contributed by atoms with E-state index in [9.17, 15) is 18.0 Å². The van der Waals surface area contributed by atoms with Crippen molar-refractivity contribution < 1.29 is 22.4 Å². The van der Waals surface area contributed by atoms with Gasteiger partial charge in [-0.1, -0.05) is 23.5 Å².